The average molecular weight is 323 g/mol. The van der Waals surface area contributed by atoms with Crippen molar-refractivity contribution in [1.82, 2.24) is 25.3 Å². The van der Waals surface area contributed by atoms with Crippen molar-refractivity contribution in [3.8, 4) is 5.69 Å². The van der Waals surface area contributed by atoms with Gasteiger partial charge in [-0.05, 0) is 36.8 Å². The van der Waals surface area contributed by atoms with Gasteiger partial charge in [-0.1, -0.05) is 17.7 Å². The van der Waals surface area contributed by atoms with Crippen LogP contribution < -0.4 is 5.32 Å². The van der Waals surface area contributed by atoms with E-state index < -0.39 is 0 Å². The molecule has 0 spiro atoms. The first-order valence-electron chi connectivity index (χ1n) is 7.48. The Kier molecular flexibility index (Phi) is 4.62. The molecule has 0 unspecified atom stereocenters. The second kappa shape index (κ2) is 7.01. The third kappa shape index (κ3) is 3.47. The molecule has 0 aliphatic heterocycles. The van der Waals surface area contributed by atoms with Crippen LogP contribution in [0.5, 0.6) is 0 Å². The maximum Gasteiger partial charge on any atom is 0.274 e. The predicted octanol–water partition coefficient (Wildman–Crippen LogP) is 1.39. The summed E-state index contributed by atoms with van der Waals surface area (Å²) in [5.41, 5.74) is 3.12. The predicted molar refractivity (Wildman–Crippen MR) is 87.4 cm³/mol. The molecular weight excluding hydrogens is 306 g/mol. The molecule has 0 radical (unpaired) electrons. The normalized spacial score (nSPS) is 10.6. The van der Waals surface area contributed by atoms with Gasteiger partial charge in [0.05, 0.1) is 12.3 Å². The lowest BCUT2D eigenvalue weighted by molar-refractivity contribution is 0.0942. The molecule has 1 aromatic carbocycles. The number of carbonyl (C=O) groups is 1. The first kappa shape index (κ1) is 15.8. The van der Waals surface area contributed by atoms with Crippen LogP contribution in [0.3, 0.4) is 0 Å². The van der Waals surface area contributed by atoms with Crippen LogP contribution in [-0.2, 0) is 13.2 Å². The van der Waals surface area contributed by atoms with E-state index in [1.807, 2.05) is 43.3 Å². The number of nitrogens with one attached hydrogen (secondary N) is 1. The van der Waals surface area contributed by atoms with Gasteiger partial charge in [-0.25, -0.2) is 0 Å². The summed E-state index contributed by atoms with van der Waals surface area (Å²) in [4.78, 5) is 17.6. The van der Waals surface area contributed by atoms with Crippen molar-refractivity contribution >= 4 is 5.91 Å². The average Bonchev–Trinajstić information content (AvgIpc) is 3.05. The highest BCUT2D eigenvalue weighted by atomic mass is 16.3. The van der Waals surface area contributed by atoms with E-state index in [0.29, 0.717) is 6.54 Å². The van der Waals surface area contributed by atoms with Gasteiger partial charge in [0.1, 0.15) is 5.69 Å². The van der Waals surface area contributed by atoms with Gasteiger partial charge in [0.15, 0.2) is 5.69 Å². The molecular formula is C17H17N5O2. The summed E-state index contributed by atoms with van der Waals surface area (Å²) in [6, 6.07) is 11.2. The number of aliphatic hydroxyl groups is 1. The number of hydrogen-bond acceptors (Lipinski definition) is 5. The third-order valence-electron chi connectivity index (χ3n) is 3.52. The minimum atomic E-state index is -0.380. The standard InChI is InChI=1S/C17H17N5O2/c1-12-2-4-14(5-3-12)22-20-15(11-23)16(21-22)17(24)19-10-13-6-8-18-9-7-13/h2-9,23H,10-11H2,1H3,(H,19,24). The summed E-state index contributed by atoms with van der Waals surface area (Å²) in [7, 11) is 0. The molecule has 2 aromatic heterocycles. The SMILES string of the molecule is Cc1ccc(-n2nc(CO)c(C(=O)NCc3ccncc3)n2)cc1. The minimum absolute atomic E-state index is 0.118. The third-order valence-corrected chi connectivity index (χ3v) is 3.52. The van der Waals surface area contributed by atoms with Crippen molar-refractivity contribution in [2.75, 3.05) is 0 Å². The molecule has 2 N–H and O–H groups in total. The van der Waals surface area contributed by atoms with Gasteiger partial charge in [0, 0.05) is 18.9 Å². The highest BCUT2D eigenvalue weighted by Crippen LogP contribution is 2.11. The van der Waals surface area contributed by atoms with Crippen LogP contribution in [0.4, 0.5) is 0 Å². The Morgan fingerprint density at radius 3 is 2.50 bits per heavy atom. The second-order valence-electron chi connectivity index (χ2n) is 5.32. The molecule has 3 rings (SSSR count). The summed E-state index contributed by atoms with van der Waals surface area (Å²) in [6.07, 6.45) is 3.32. The number of carbonyl (C=O) groups excluding carboxylic acids is 1. The molecule has 7 heteroatoms. The lowest BCUT2D eigenvalue weighted by Crippen LogP contribution is -2.24. The van der Waals surface area contributed by atoms with Crippen LogP contribution in [0.2, 0.25) is 0 Å². The first-order chi connectivity index (χ1) is 11.7. The molecule has 1 amide bonds. The maximum atomic E-state index is 12.3. The van der Waals surface area contributed by atoms with Gasteiger partial charge in [-0.3, -0.25) is 9.78 Å². The van der Waals surface area contributed by atoms with Crippen LogP contribution in [0.1, 0.15) is 27.3 Å². The van der Waals surface area contributed by atoms with Crippen molar-refractivity contribution in [1.29, 1.82) is 0 Å². The molecule has 0 bridgehead atoms. The fraction of sp³-hybridized carbons (Fsp3) is 0.176. The summed E-state index contributed by atoms with van der Waals surface area (Å²) >= 11 is 0. The number of nitrogens with zero attached hydrogens (tertiary/aromatic N) is 4. The summed E-state index contributed by atoms with van der Waals surface area (Å²) in [6.45, 7) is 1.98. The largest absolute Gasteiger partial charge is 0.390 e. The van der Waals surface area contributed by atoms with E-state index in [4.69, 9.17) is 0 Å². The molecule has 7 nitrogen and oxygen atoms in total. The smallest absolute Gasteiger partial charge is 0.274 e. The highest BCUT2D eigenvalue weighted by molar-refractivity contribution is 5.93. The Labute approximate surface area is 139 Å². The van der Waals surface area contributed by atoms with Crippen LogP contribution in [0, 0.1) is 6.92 Å². The van der Waals surface area contributed by atoms with Crippen LogP contribution in [0.25, 0.3) is 5.69 Å². The zero-order valence-corrected chi connectivity index (χ0v) is 13.2. The number of amides is 1. The van der Waals surface area contributed by atoms with E-state index in [0.717, 1.165) is 16.8 Å². The zero-order valence-electron chi connectivity index (χ0n) is 13.2. The molecule has 3 aromatic rings. The van der Waals surface area contributed by atoms with Crippen molar-refractivity contribution in [3.63, 3.8) is 0 Å². The lowest BCUT2D eigenvalue weighted by Gasteiger charge is -2.03. The van der Waals surface area contributed by atoms with Crippen molar-refractivity contribution in [3.05, 3.63) is 71.3 Å². The van der Waals surface area contributed by atoms with Crippen molar-refractivity contribution in [2.45, 2.75) is 20.1 Å². The fourth-order valence-corrected chi connectivity index (χ4v) is 2.18. The Balaban J connectivity index is 1.79. The molecule has 0 atom stereocenters. The van der Waals surface area contributed by atoms with Gasteiger partial charge < -0.3 is 10.4 Å². The van der Waals surface area contributed by atoms with Crippen LogP contribution in [0.15, 0.2) is 48.8 Å². The number of aromatic nitrogens is 4. The summed E-state index contributed by atoms with van der Waals surface area (Å²) in [5, 5.41) is 20.6. The number of aryl methyl sites for hydroxylation is 1. The Hall–Kier alpha value is -3.06. The van der Waals surface area contributed by atoms with E-state index in [1.165, 1.54) is 4.80 Å². The van der Waals surface area contributed by atoms with Crippen LogP contribution >= 0.6 is 0 Å². The number of pyridine rings is 1. The zero-order chi connectivity index (χ0) is 16.9. The summed E-state index contributed by atoms with van der Waals surface area (Å²) in [5.74, 6) is -0.380. The Morgan fingerprint density at radius 2 is 1.83 bits per heavy atom. The molecule has 0 aliphatic rings. The van der Waals surface area contributed by atoms with Gasteiger partial charge in [0.2, 0.25) is 0 Å². The molecule has 2 heterocycles. The van der Waals surface area contributed by atoms with Gasteiger partial charge in [0.25, 0.3) is 5.91 Å². The van der Waals surface area contributed by atoms with E-state index in [9.17, 15) is 9.90 Å². The van der Waals surface area contributed by atoms with Gasteiger partial charge in [-0.2, -0.15) is 4.80 Å². The van der Waals surface area contributed by atoms with Gasteiger partial charge >= 0.3 is 0 Å². The number of rotatable bonds is 5. The Bertz CT molecular complexity index is 828. The first-order valence-corrected chi connectivity index (χ1v) is 7.48. The molecule has 24 heavy (non-hydrogen) atoms. The quantitative estimate of drug-likeness (QED) is 0.740. The van der Waals surface area contributed by atoms with E-state index >= 15 is 0 Å². The maximum absolute atomic E-state index is 12.3. The number of aliphatic hydroxyl groups excluding tert-OH is 1. The second-order valence-corrected chi connectivity index (χ2v) is 5.32. The van der Waals surface area contributed by atoms with Crippen molar-refractivity contribution in [2.24, 2.45) is 0 Å². The molecule has 0 saturated heterocycles. The topological polar surface area (TPSA) is 92.9 Å². The molecule has 0 aliphatic carbocycles. The molecule has 0 fully saturated rings. The Morgan fingerprint density at radius 1 is 1.12 bits per heavy atom. The van der Waals surface area contributed by atoms with Crippen LogP contribution in [-0.4, -0.2) is 31.0 Å². The summed E-state index contributed by atoms with van der Waals surface area (Å²) < 4.78 is 0. The van der Waals surface area contributed by atoms with Crippen molar-refractivity contribution < 1.29 is 9.90 Å². The lowest BCUT2D eigenvalue weighted by atomic mass is 10.2. The molecule has 122 valence electrons. The highest BCUT2D eigenvalue weighted by Gasteiger charge is 2.18. The van der Waals surface area contributed by atoms with E-state index in [1.54, 1.807) is 12.4 Å². The monoisotopic (exact) mass is 323 g/mol. The number of hydrogen-bond donors (Lipinski definition) is 2. The minimum Gasteiger partial charge on any atom is -0.390 e. The van der Waals surface area contributed by atoms with E-state index in [-0.39, 0.29) is 23.9 Å². The fourth-order valence-electron chi connectivity index (χ4n) is 2.18. The van der Waals surface area contributed by atoms with Gasteiger partial charge in [-0.15, -0.1) is 10.2 Å². The van der Waals surface area contributed by atoms with E-state index in [2.05, 4.69) is 20.5 Å². The molecule has 0 saturated carbocycles. The number of benzene rings is 1.